The molecule has 26 heavy (non-hydrogen) atoms. The first-order valence-corrected chi connectivity index (χ1v) is 9.47. The van der Waals surface area contributed by atoms with Gasteiger partial charge in [0.1, 0.15) is 22.6 Å². The number of carbonyl (C=O) groups excluding carboxylic acids is 1. The van der Waals surface area contributed by atoms with Gasteiger partial charge in [-0.3, -0.25) is 4.79 Å². The van der Waals surface area contributed by atoms with E-state index in [2.05, 4.69) is 0 Å². The molecular weight excluding hydrogens is 350 g/mol. The van der Waals surface area contributed by atoms with Crippen molar-refractivity contribution in [2.75, 3.05) is 27.1 Å². The van der Waals surface area contributed by atoms with Crippen molar-refractivity contribution in [1.29, 1.82) is 0 Å². The number of methoxy groups -OCH3 is 3. The van der Waals surface area contributed by atoms with Crippen LogP contribution in [0.25, 0.3) is 0 Å². The molecule has 1 aliphatic heterocycles. The molecule has 6 heteroatoms. The zero-order valence-corrected chi connectivity index (χ0v) is 16.0. The molecular formula is C20H23NO4S. The molecule has 2 aromatic rings. The van der Waals surface area contributed by atoms with Crippen molar-refractivity contribution in [3.63, 3.8) is 0 Å². The van der Waals surface area contributed by atoms with E-state index in [9.17, 15) is 4.79 Å². The van der Waals surface area contributed by atoms with Crippen LogP contribution in [0.4, 0.5) is 0 Å². The maximum absolute atomic E-state index is 12.7. The van der Waals surface area contributed by atoms with Crippen molar-refractivity contribution in [2.24, 2.45) is 0 Å². The van der Waals surface area contributed by atoms with Gasteiger partial charge < -0.3 is 19.1 Å². The number of thioether (sulfide) groups is 1. The summed E-state index contributed by atoms with van der Waals surface area (Å²) >= 11 is 1.73. The first-order valence-electron chi connectivity index (χ1n) is 8.42. The van der Waals surface area contributed by atoms with Gasteiger partial charge in [0.15, 0.2) is 0 Å². The van der Waals surface area contributed by atoms with E-state index in [-0.39, 0.29) is 11.3 Å². The van der Waals surface area contributed by atoms with Crippen LogP contribution >= 0.6 is 11.8 Å². The third-order valence-electron chi connectivity index (χ3n) is 4.42. The van der Waals surface area contributed by atoms with Gasteiger partial charge in [0.2, 0.25) is 5.91 Å². The number of benzene rings is 2. The minimum absolute atomic E-state index is 0.137. The molecule has 1 fully saturated rings. The van der Waals surface area contributed by atoms with Crippen LogP contribution in [0.3, 0.4) is 0 Å². The Hall–Kier alpha value is -2.34. The molecule has 138 valence electrons. The Bertz CT molecular complexity index is 741. The highest BCUT2D eigenvalue weighted by Gasteiger charge is 2.33. The van der Waals surface area contributed by atoms with Gasteiger partial charge in [-0.25, -0.2) is 0 Å². The number of nitrogens with zero attached hydrogens (tertiary/aromatic N) is 1. The summed E-state index contributed by atoms with van der Waals surface area (Å²) in [5.74, 6) is 3.19. The van der Waals surface area contributed by atoms with Crippen LogP contribution in [-0.2, 0) is 11.3 Å². The third-order valence-corrected chi connectivity index (χ3v) is 5.67. The Morgan fingerprint density at radius 1 is 1.00 bits per heavy atom. The molecule has 3 rings (SSSR count). The molecule has 0 bridgehead atoms. The second kappa shape index (κ2) is 8.36. The highest BCUT2D eigenvalue weighted by atomic mass is 32.2. The molecule has 1 heterocycles. The van der Waals surface area contributed by atoms with Gasteiger partial charge in [0.25, 0.3) is 0 Å². The molecule has 1 atom stereocenters. The van der Waals surface area contributed by atoms with Crippen molar-refractivity contribution < 1.29 is 19.0 Å². The van der Waals surface area contributed by atoms with Gasteiger partial charge in [0.05, 0.1) is 26.9 Å². The van der Waals surface area contributed by atoms with Crippen molar-refractivity contribution in [3.05, 3.63) is 53.6 Å². The van der Waals surface area contributed by atoms with Crippen molar-refractivity contribution in [1.82, 2.24) is 4.90 Å². The van der Waals surface area contributed by atoms with Gasteiger partial charge in [-0.15, -0.1) is 11.8 Å². The van der Waals surface area contributed by atoms with Gasteiger partial charge >= 0.3 is 0 Å². The minimum atomic E-state index is -0.149. The molecule has 0 radical (unpaired) electrons. The van der Waals surface area contributed by atoms with E-state index in [0.29, 0.717) is 13.0 Å². The van der Waals surface area contributed by atoms with Crippen molar-refractivity contribution in [2.45, 2.75) is 18.3 Å². The lowest BCUT2D eigenvalue weighted by Gasteiger charge is -2.36. The summed E-state index contributed by atoms with van der Waals surface area (Å²) in [6, 6.07) is 13.5. The minimum Gasteiger partial charge on any atom is -0.497 e. The summed E-state index contributed by atoms with van der Waals surface area (Å²) in [6.45, 7) is 0.529. The fourth-order valence-corrected chi connectivity index (χ4v) is 4.37. The Kier molecular flexibility index (Phi) is 5.93. The second-order valence-corrected chi connectivity index (χ2v) is 7.11. The van der Waals surface area contributed by atoms with Crippen LogP contribution in [0, 0.1) is 0 Å². The number of amides is 1. The van der Waals surface area contributed by atoms with Crippen LogP contribution in [0.15, 0.2) is 42.5 Å². The van der Waals surface area contributed by atoms with E-state index in [1.807, 2.05) is 47.4 Å². The molecule has 2 aromatic carbocycles. The van der Waals surface area contributed by atoms with Gasteiger partial charge in [-0.05, 0) is 29.8 Å². The highest BCUT2D eigenvalue weighted by molar-refractivity contribution is 7.99. The predicted molar refractivity (Wildman–Crippen MR) is 103 cm³/mol. The van der Waals surface area contributed by atoms with Crippen LogP contribution in [-0.4, -0.2) is 37.9 Å². The Labute approximate surface area is 158 Å². The summed E-state index contributed by atoms with van der Waals surface area (Å²) in [4.78, 5) is 14.6. The van der Waals surface area contributed by atoms with Crippen LogP contribution in [0.5, 0.6) is 17.2 Å². The Morgan fingerprint density at radius 2 is 1.65 bits per heavy atom. The largest absolute Gasteiger partial charge is 0.497 e. The zero-order chi connectivity index (χ0) is 18.5. The van der Waals surface area contributed by atoms with E-state index in [0.717, 1.165) is 34.1 Å². The second-order valence-electron chi connectivity index (χ2n) is 5.92. The molecule has 5 nitrogen and oxygen atoms in total. The molecule has 0 aliphatic carbocycles. The Morgan fingerprint density at radius 3 is 2.23 bits per heavy atom. The third kappa shape index (κ3) is 3.75. The molecule has 1 aliphatic rings. The molecule has 0 aromatic heterocycles. The summed E-state index contributed by atoms with van der Waals surface area (Å²) in [7, 11) is 4.92. The fraction of sp³-hybridized carbons (Fsp3) is 0.350. The maximum Gasteiger partial charge on any atom is 0.224 e. The van der Waals surface area contributed by atoms with Crippen LogP contribution in [0.2, 0.25) is 0 Å². The van der Waals surface area contributed by atoms with Gasteiger partial charge in [-0.2, -0.15) is 0 Å². The number of hydrogen-bond acceptors (Lipinski definition) is 5. The van der Waals surface area contributed by atoms with Crippen molar-refractivity contribution >= 4 is 17.7 Å². The SMILES string of the molecule is COc1ccc(CN2C(=O)CCSC2c2c(OC)cccc2OC)cc1. The summed E-state index contributed by atoms with van der Waals surface area (Å²) < 4.78 is 16.3. The molecule has 1 unspecified atom stereocenters. The molecule has 1 saturated heterocycles. The van der Waals surface area contributed by atoms with E-state index in [1.165, 1.54) is 0 Å². The van der Waals surface area contributed by atoms with Gasteiger partial charge in [-0.1, -0.05) is 18.2 Å². The normalized spacial score (nSPS) is 17.1. The number of ether oxygens (including phenoxy) is 3. The summed E-state index contributed by atoms with van der Waals surface area (Å²) in [6.07, 6.45) is 0.536. The predicted octanol–water partition coefficient (Wildman–Crippen LogP) is 3.88. The molecule has 1 amide bonds. The average molecular weight is 373 g/mol. The number of rotatable bonds is 6. The molecule has 0 spiro atoms. The first-order chi connectivity index (χ1) is 12.7. The van der Waals surface area contributed by atoms with Crippen LogP contribution in [0.1, 0.15) is 22.9 Å². The topological polar surface area (TPSA) is 48.0 Å². The zero-order valence-electron chi connectivity index (χ0n) is 15.2. The smallest absolute Gasteiger partial charge is 0.224 e. The highest BCUT2D eigenvalue weighted by Crippen LogP contribution is 2.46. The number of hydrogen-bond donors (Lipinski definition) is 0. The van der Waals surface area contributed by atoms with Crippen LogP contribution < -0.4 is 14.2 Å². The standard InChI is InChI=1S/C20H23NO4S/c1-23-15-9-7-14(8-10-15)13-21-18(22)11-12-26-20(21)19-16(24-2)5-4-6-17(19)25-3/h4-10,20H,11-13H2,1-3H3. The van der Waals surface area contributed by atoms with E-state index in [4.69, 9.17) is 14.2 Å². The summed E-state index contributed by atoms with van der Waals surface area (Å²) in [5, 5.41) is -0.149. The fourth-order valence-electron chi connectivity index (χ4n) is 3.08. The average Bonchev–Trinajstić information content (AvgIpc) is 2.69. The first kappa shape index (κ1) is 18.5. The lowest BCUT2D eigenvalue weighted by Crippen LogP contribution is -2.37. The monoisotopic (exact) mass is 373 g/mol. The molecule has 0 saturated carbocycles. The molecule has 0 N–H and O–H groups in total. The van der Waals surface area contributed by atoms with E-state index in [1.54, 1.807) is 33.1 Å². The van der Waals surface area contributed by atoms with E-state index >= 15 is 0 Å². The Balaban J connectivity index is 1.95. The lowest BCUT2D eigenvalue weighted by molar-refractivity contribution is -0.132. The quantitative estimate of drug-likeness (QED) is 0.769. The lowest BCUT2D eigenvalue weighted by atomic mass is 10.1. The van der Waals surface area contributed by atoms with Crippen molar-refractivity contribution in [3.8, 4) is 17.2 Å². The summed E-state index contributed by atoms with van der Waals surface area (Å²) in [5.41, 5.74) is 1.96. The van der Waals surface area contributed by atoms with Gasteiger partial charge in [0, 0.05) is 18.7 Å². The number of carbonyl (C=O) groups is 1. The maximum atomic E-state index is 12.7. The van der Waals surface area contributed by atoms with E-state index < -0.39 is 0 Å².